The molecule has 108 valence electrons. The molecule has 1 aliphatic heterocycles. The Morgan fingerprint density at radius 3 is 2.86 bits per heavy atom. The third kappa shape index (κ3) is 2.79. The van der Waals surface area contributed by atoms with E-state index < -0.39 is 0 Å². The Bertz CT molecular complexity index is 674. The molecule has 1 unspecified atom stereocenters. The van der Waals surface area contributed by atoms with E-state index in [1.807, 2.05) is 24.4 Å². The minimum absolute atomic E-state index is 0.165. The molecule has 2 aromatic rings. The van der Waals surface area contributed by atoms with Crippen LogP contribution in [0.5, 0.6) is 0 Å². The van der Waals surface area contributed by atoms with Crippen LogP contribution in [0.3, 0.4) is 0 Å². The maximum atomic E-state index is 14.0. The molecule has 1 atom stereocenters. The second-order valence-electron chi connectivity index (χ2n) is 5.19. The van der Waals surface area contributed by atoms with Gasteiger partial charge in [0.25, 0.3) is 0 Å². The van der Waals surface area contributed by atoms with Gasteiger partial charge in [-0.05, 0) is 30.0 Å². The van der Waals surface area contributed by atoms with Crippen LogP contribution in [0.2, 0.25) is 0 Å². The first-order chi connectivity index (χ1) is 10.3. The predicted molar refractivity (Wildman–Crippen MR) is 80.7 cm³/mol. The van der Waals surface area contributed by atoms with Gasteiger partial charge in [0.1, 0.15) is 17.8 Å². The number of rotatable bonds is 4. The SMILES string of the molecule is CCC1CN=CC(c2ccon2)=C1Cc1ccccc1F. The third-order valence-electron chi connectivity index (χ3n) is 3.93. The average molecular weight is 284 g/mol. The zero-order chi connectivity index (χ0) is 14.7. The molecule has 4 heteroatoms. The summed E-state index contributed by atoms with van der Waals surface area (Å²) in [5, 5.41) is 4.01. The molecule has 21 heavy (non-hydrogen) atoms. The van der Waals surface area contributed by atoms with E-state index in [0.717, 1.165) is 24.2 Å². The lowest BCUT2D eigenvalue weighted by atomic mass is 9.85. The van der Waals surface area contributed by atoms with Crippen LogP contribution in [0.25, 0.3) is 5.57 Å². The highest BCUT2D eigenvalue weighted by Crippen LogP contribution is 2.31. The fraction of sp³-hybridized carbons (Fsp3) is 0.294. The largest absolute Gasteiger partial charge is 0.364 e. The highest BCUT2D eigenvalue weighted by molar-refractivity contribution is 6.11. The highest BCUT2D eigenvalue weighted by atomic mass is 19.1. The van der Waals surface area contributed by atoms with E-state index in [0.29, 0.717) is 17.9 Å². The molecular formula is C17H17FN2O. The monoisotopic (exact) mass is 284 g/mol. The van der Waals surface area contributed by atoms with E-state index in [1.165, 1.54) is 11.6 Å². The average Bonchev–Trinajstić information content (AvgIpc) is 3.04. The molecule has 0 amide bonds. The normalized spacial score (nSPS) is 18.3. The zero-order valence-electron chi connectivity index (χ0n) is 11.9. The Kier molecular flexibility index (Phi) is 3.95. The van der Waals surface area contributed by atoms with Crippen molar-refractivity contribution in [2.24, 2.45) is 10.9 Å². The molecule has 0 spiro atoms. The van der Waals surface area contributed by atoms with Crippen molar-refractivity contribution in [3.63, 3.8) is 0 Å². The van der Waals surface area contributed by atoms with Crippen LogP contribution in [-0.2, 0) is 6.42 Å². The predicted octanol–water partition coefficient (Wildman–Crippen LogP) is 3.92. The Labute approximate surface area is 123 Å². The van der Waals surface area contributed by atoms with E-state index >= 15 is 0 Å². The van der Waals surface area contributed by atoms with Crippen molar-refractivity contribution >= 4 is 11.8 Å². The molecule has 0 fully saturated rings. The van der Waals surface area contributed by atoms with Gasteiger partial charge in [0.2, 0.25) is 0 Å². The zero-order valence-corrected chi connectivity index (χ0v) is 11.9. The Morgan fingerprint density at radius 1 is 1.29 bits per heavy atom. The van der Waals surface area contributed by atoms with Crippen LogP contribution in [-0.4, -0.2) is 17.9 Å². The van der Waals surface area contributed by atoms with Gasteiger partial charge in [0, 0.05) is 30.3 Å². The minimum Gasteiger partial charge on any atom is -0.364 e. The molecule has 0 bridgehead atoms. The number of hydrogen-bond acceptors (Lipinski definition) is 3. The summed E-state index contributed by atoms with van der Waals surface area (Å²) < 4.78 is 18.9. The van der Waals surface area contributed by atoms with E-state index in [4.69, 9.17) is 4.52 Å². The summed E-state index contributed by atoms with van der Waals surface area (Å²) in [7, 11) is 0. The summed E-state index contributed by atoms with van der Waals surface area (Å²) in [6.45, 7) is 2.88. The van der Waals surface area contributed by atoms with E-state index in [9.17, 15) is 4.39 Å². The van der Waals surface area contributed by atoms with Crippen molar-refractivity contribution in [2.75, 3.05) is 6.54 Å². The number of hydrogen-bond donors (Lipinski definition) is 0. The molecule has 0 aliphatic carbocycles. The fourth-order valence-electron chi connectivity index (χ4n) is 2.73. The summed E-state index contributed by atoms with van der Waals surface area (Å²) in [5.74, 6) is 0.156. The first-order valence-electron chi connectivity index (χ1n) is 7.16. The second-order valence-corrected chi connectivity index (χ2v) is 5.19. The molecule has 0 saturated heterocycles. The second kappa shape index (κ2) is 6.04. The molecule has 3 nitrogen and oxygen atoms in total. The molecule has 0 N–H and O–H groups in total. The molecule has 1 aromatic carbocycles. The van der Waals surface area contributed by atoms with Crippen molar-refractivity contribution in [1.29, 1.82) is 0 Å². The van der Waals surface area contributed by atoms with E-state index in [1.54, 1.807) is 12.3 Å². The van der Waals surface area contributed by atoms with Gasteiger partial charge in [0.15, 0.2) is 0 Å². The standard InChI is InChI=1S/C17H17FN2O/c1-2-12-10-19-11-15(17-7-8-21-20-17)14(12)9-13-5-3-4-6-16(13)18/h3-8,11-12H,2,9-10H2,1H3. The molecule has 1 aliphatic rings. The van der Waals surface area contributed by atoms with E-state index in [2.05, 4.69) is 17.1 Å². The van der Waals surface area contributed by atoms with Gasteiger partial charge in [-0.3, -0.25) is 4.99 Å². The van der Waals surface area contributed by atoms with Gasteiger partial charge in [-0.2, -0.15) is 0 Å². The number of halogens is 1. The van der Waals surface area contributed by atoms with Crippen molar-refractivity contribution in [2.45, 2.75) is 19.8 Å². The number of dihydropyridines is 1. The minimum atomic E-state index is -0.165. The number of nitrogens with zero attached hydrogens (tertiary/aromatic N) is 2. The van der Waals surface area contributed by atoms with Gasteiger partial charge < -0.3 is 4.52 Å². The molecular weight excluding hydrogens is 267 g/mol. The van der Waals surface area contributed by atoms with Crippen LogP contribution in [0, 0.1) is 11.7 Å². The first-order valence-corrected chi connectivity index (χ1v) is 7.16. The smallest absolute Gasteiger partial charge is 0.126 e. The quantitative estimate of drug-likeness (QED) is 0.853. The Morgan fingerprint density at radius 2 is 2.14 bits per heavy atom. The van der Waals surface area contributed by atoms with Gasteiger partial charge >= 0.3 is 0 Å². The topological polar surface area (TPSA) is 38.4 Å². The Balaban J connectivity index is 2.04. The summed E-state index contributed by atoms with van der Waals surface area (Å²) in [4.78, 5) is 4.42. The number of aliphatic imine (C=N–C) groups is 1. The number of aromatic nitrogens is 1. The van der Waals surface area contributed by atoms with Crippen molar-refractivity contribution in [3.8, 4) is 0 Å². The molecule has 0 radical (unpaired) electrons. The highest BCUT2D eigenvalue weighted by Gasteiger charge is 2.22. The molecule has 3 rings (SSSR count). The van der Waals surface area contributed by atoms with Crippen LogP contribution < -0.4 is 0 Å². The summed E-state index contributed by atoms with van der Waals surface area (Å²) in [6.07, 6.45) is 4.94. The molecule has 2 heterocycles. The maximum absolute atomic E-state index is 14.0. The van der Waals surface area contributed by atoms with Gasteiger partial charge in [-0.25, -0.2) is 4.39 Å². The number of allylic oxidation sites excluding steroid dienone is 1. The number of benzene rings is 1. The maximum Gasteiger partial charge on any atom is 0.126 e. The van der Waals surface area contributed by atoms with Crippen LogP contribution in [0.1, 0.15) is 24.6 Å². The van der Waals surface area contributed by atoms with Crippen LogP contribution in [0.15, 0.2) is 51.7 Å². The lowest BCUT2D eigenvalue weighted by molar-refractivity contribution is 0.417. The fourth-order valence-corrected chi connectivity index (χ4v) is 2.73. The van der Waals surface area contributed by atoms with Gasteiger partial charge in [0.05, 0.1) is 0 Å². The lowest BCUT2D eigenvalue weighted by Crippen LogP contribution is -2.17. The van der Waals surface area contributed by atoms with Crippen molar-refractivity contribution < 1.29 is 8.91 Å². The lowest BCUT2D eigenvalue weighted by Gasteiger charge is -2.23. The third-order valence-corrected chi connectivity index (χ3v) is 3.93. The van der Waals surface area contributed by atoms with Gasteiger partial charge in [-0.15, -0.1) is 0 Å². The first kappa shape index (κ1) is 13.7. The van der Waals surface area contributed by atoms with Crippen molar-refractivity contribution in [1.82, 2.24) is 5.16 Å². The summed E-state index contributed by atoms with van der Waals surface area (Å²) in [6, 6.07) is 8.74. The molecule has 1 aromatic heterocycles. The Hall–Kier alpha value is -2.23. The van der Waals surface area contributed by atoms with E-state index in [-0.39, 0.29) is 5.82 Å². The summed E-state index contributed by atoms with van der Waals surface area (Å²) >= 11 is 0. The molecule has 0 saturated carbocycles. The van der Waals surface area contributed by atoms with Crippen LogP contribution >= 0.6 is 0 Å². The summed E-state index contributed by atoms with van der Waals surface area (Å²) in [5.41, 5.74) is 3.63. The van der Waals surface area contributed by atoms with Gasteiger partial charge in [-0.1, -0.05) is 30.3 Å². The van der Waals surface area contributed by atoms with Crippen LogP contribution in [0.4, 0.5) is 4.39 Å². The van der Waals surface area contributed by atoms with Crippen molar-refractivity contribution in [3.05, 3.63) is 59.2 Å².